The largest absolute Gasteiger partial charge is 0.303 e. The van der Waals surface area contributed by atoms with E-state index in [-0.39, 0.29) is 17.6 Å². The summed E-state index contributed by atoms with van der Waals surface area (Å²) in [7, 11) is 0. The van der Waals surface area contributed by atoms with Crippen molar-refractivity contribution in [1.82, 2.24) is 0 Å². The van der Waals surface area contributed by atoms with Crippen molar-refractivity contribution >= 4 is 40.3 Å². The van der Waals surface area contributed by atoms with Crippen molar-refractivity contribution in [1.29, 1.82) is 0 Å². The van der Waals surface area contributed by atoms with Crippen molar-refractivity contribution in [2.75, 3.05) is 4.90 Å². The van der Waals surface area contributed by atoms with E-state index in [0.717, 1.165) is 22.5 Å². The number of carbonyl (C=O) groups is 1. The molecule has 150 valence electrons. The van der Waals surface area contributed by atoms with Crippen LogP contribution in [-0.4, -0.2) is 16.5 Å². The molecular formula is C23H18ClN3O3. The maximum absolute atomic E-state index is 12.7. The van der Waals surface area contributed by atoms with Crippen LogP contribution >= 0.6 is 11.6 Å². The number of nitrogens with zero attached hydrogens (tertiary/aromatic N) is 3. The van der Waals surface area contributed by atoms with Gasteiger partial charge in [0.15, 0.2) is 0 Å². The van der Waals surface area contributed by atoms with Crippen molar-refractivity contribution < 1.29 is 9.72 Å². The standard InChI is InChI=1S/C23H18ClN3O3/c1-15(28)26-22-5-3-2-4-20(22)25-21(16-8-12-19(13-9-16)27(29)30)14-23(26)17-6-10-18(24)11-7-17/h2-13,23H,14H2,1H3/t23-/m1/s1. The van der Waals surface area contributed by atoms with Crippen molar-refractivity contribution in [3.8, 4) is 0 Å². The molecular weight excluding hydrogens is 402 g/mol. The number of halogens is 1. The maximum Gasteiger partial charge on any atom is 0.269 e. The van der Waals surface area contributed by atoms with Crippen LogP contribution in [0.4, 0.5) is 17.1 Å². The first-order valence-electron chi connectivity index (χ1n) is 9.41. The Morgan fingerprint density at radius 3 is 2.37 bits per heavy atom. The zero-order chi connectivity index (χ0) is 21.3. The molecule has 6 nitrogen and oxygen atoms in total. The fourth-order valence-electron chi connectivity index (χ4n) is 3.69. The van der Waals surface area contributed by atoms with Crippen molar-refractivity contribution in [3.05, 3.63) is 99.1 Å². The molecule has 3 aromatic rings. The summed E-state index contributed by atoms with van der Waals surface area (Å²) in [6, 6.07) is 20.9. The summed E-state index contributed by atoms with van der Waals surface area (Å²) in [5.41, 5.74) is 3.88. The summed E-state index contributed by atoms with van der Waals surface area (Å²) in [5.74, 6) is -0.0949. The van der Waals surface area contributed by atoms with Gasteiger partial charge in [0.05, 0.1) is 28.1 Å². The highest BCUT2D eigenvalue weighted by Crippen LogP contribution is 2.40. The van der Waals surface area contributed by atoms with Gasteiger partial charge in [0.2, 0.25) is 5.91 Å². The lowest BCUT2D eigenvalue weighted by atomic mass is 9.95. The molecule has 0 bridgehead atoms. The number of nitro groups is 1. The van der Waals surface area contributed by atoms with Crippen molar-refractivity contribution in [3.63, 3.8) is 0 Å². The number of carbonyl (C=O) groups excluding carboxylic acids is 1. The van der Waals surface area contributed by atoms with E-state index >= 15 is 0 Å². The number of hydrogen-bond acceptors (Lipinski definition) is 4. The number of rotatable bonds is 3. The number of benzene rings is 3. The van der Waals surface area contributed by atoms with Crippen LogP contribution in [0.15, 0.2) is 77.8 Å². The Morgan fingerprint density at radius 1 is 1.07 bits per heavy atom. The van der Waals surface area contributed by atoms with E-state index in [1.165, 1.54) is 19.1 Å². The molecule has 0 saturated heterocycles. The molecule has 0 aliphatic carbocycles. The molecule has 4 rings (SSSR count). The quantitative estimate of drug-likeness (QED) is 0.393. The van der Waals surface area contributed by atoms with Crippen LogP contribution in [0, 0.1) is 10.1 Å². The Bertz CT molecular complexity index is 1140. The molecule has 1 aliphatic heterocycles. The normalized spacial score (nSPS) is 15.7. The Labute approximate surface area is 178 Å². The topological polar surface area (TPSA) is 75.8 Å². The summed E-state index contributed by atoms with van der Waals surface area (Å²) in [4.78, 5) is 29.9. The molecule has 1 atom stereocenters. The Balaban J connectivity index is 1.86. The van der Waals surface area contributed by atoms with E-state index < -0.39 is 4.92 Å². The number of anilines is 1. The lowest BCUT2D eigenvalue weighted by molar-refractivity contribution is -0.384. The first-order valence-corrected chi connectivity index (χ1v) is 9.78. The highest BCUT2D eigenvalue weighted by molar-refractivity contribution is 6.30. The highest BCUT2D eigenvalue weighted by atomic mass is 35.5. The second-order valence-corrected chi connectivity index (χ2v) is 7.45. The third-order valence-corrected chi connectivity index (χ3v) is 5.35. The van der Waals surface area contributed by atoms with Gasteiger partial charge in [0.1, 0.15) is 0 Å². The lowest BCUT2D eigenvalue weighted by Gasteiger charge is -2.30. The van der Waals surface area contributed by atoms with Gasteiger partial charge in [0.25, 0.3) is 5.69 Å². The number of amides is 1. The van der Waals surface area contributed by atoms with Crippen molar-refractivity contribution in [2.45, 2.75) is 19.4 Å². The molecule has 0 N–H and O–H groups in total. The molecule has 0 aromatic heterocycles. The molecule has 1 heterocycles. The minimum absolute atomic E-state index is 0.0213. The van der Waals surface area contributed by atoms with Gasteiger partial charge < -0.3 is 4.90 Å². The van der Waals surface area contributed by atoms with Gasteiger partial charge in [-0.3, -0.25) is 19.9 Å². The lowest BCUT2D eigenvalue weighted by Crippen LogP contribution is -2.33. The molecule has 7 heteroatoms. The third kappa shape index (κ3) is 3.82. The first-order chi connectivity index (χ1) is 14.4. The van der Waals surface area contributed by atoms with Gasteiger partial charge in [0, 0.05) is 30.5 Å². The molecule has 30 heavy (non-hydrogen) atoms. The van der Waals surface area contributed by atoms with E-state index in [2.05, 4.69) is 0 Å². The summed E-state index contributed by atoms with van der Waals surface area (Å²) in [5, 5.41) is 11.6. The second-order valence-electron chi connectivity index (χ2n) is 7.01. The van der Waals surface area contributed by atoms with Gasteiger partial charge in [-0.05, 0) is 47.5 Å². The monoisotopic (exact) mass is 419 g/mol. The smallest absolute Gasteiger partial charge is 0.269 e. The van der Waals surface area contributed by atoms with Crippen LogP contribution < -0.4 is 4.90 Å². The van der Waals surface area contributed by atoms with Crippen LogP contribution in [0.3, 0.4) is 0 Å². The van der Waals surface area contributed by atoms with E-state index in [9.17, 15) is 14.9 Å². The SMILES string of the molecule is CC(=O)N1c2ccccc2N=C(c2ccc([N+](=O)[O-])cc2)C[C@@H]1c1ccc(Cl)cc1. The molecule has 1 aliphatic rings. The number of para-hydroxylation sites is 2. The molecule has 0 saturated carbocycles. The van der Waals surface area contributed by atoms with E-state index in [4.69, 9.17) is 16.6 Å². The Kier molecular flexibility index (Phi) is 5.33. The highest BCUT2D eigenvalue weighted by Gasteiger charge is 2.30. The predicted octanol–water partition coefficient (Wildman–Crippen LogP) is 5.87. The third-order valence-electron chi connectivity index (χ3n) is 5.10. The fourth-order valence-corrected chi connectivity index (χ4v) is 3.82. The van der Waals surface area contributed by atoms with Gasteiger partial charge in [-0.15, -0.1) is 0 Å². The van der Waals surface area contributed by atoms with Crippen LogP contribution in [0.5, 0.6) is 0 Å². The maximum atomic E-state index is 12.7. The molecule has 0 spiro atoms. The predicted molar refractivity (Wildman–Crippen MR) is 118 cm³/mol. The number of fused-ring (bicyclic) bond motifs is 1. The van der Waals surface area contributed by atoms with Crippen LogP contribution in [0.25, 0.3) is 0 Å². The average molecular weight is 420 g/mol. The van der Waals surface area contributed by atoms with Gasteiger partial charge in [-0.25, -0.2) is 0 Å². The van der Waals surface area contributed by atoms with E-state index in [1.54, 1.807) is 29.2 Å². The number of nitro benzene ring substituents is 1. The Morgan fingerprint density at radius 2 is 1.73 bits per heavy atom. The summed E-state index contributed by atoms with van der Waals surface area (Å²) in [6.07, 6.45) is 0.452. The zero-order valence-electron chi connectivity index (χ0n) is 16.2. The molecule has 0 unspecified atom stereocenters. The average Bonchev–Trinajstić information content (AvgIpc) is 2.91. The van der Waals surface area contributed by atoms with Crippen LogP contribution in [0.2, 0.25) is 5.02 Å². The van der Waals surface area contributed by atoms with Gasteiger partial charge in [-0.2, -0.15) is 0 Å². The zero-order valence-corrected chi connectivity index (χ0v) is 16.9. The molecule has 1 amide bonds. The second kappa shape index (κ2) is 8.08. The molecule has 3 aromatic carbocycles. The number of non-ortho nitro benzene ring substituents is 1. The first kappa shape index (κ1) is 19.8. The summed E-state index contributed by atoms with van der Waals surface area (Å²) in [6.45, 7) is 1.54. The molecule has 0 fully saturated rings. The van der Waals surface area contributed by atoms with Crippen LogP contribution in [0.1, 0.15) is 30.5 Å². The fraction of sp³-hybridized carbons (Fsp3) is 0.130. The van der Waals surface area contributed by atoms with Gasteiger partial charge in [-0.1, -0.05) is 35.9 Å². The Hall–Kier alpha value is -3.51. The van der Waals surface area contributed by atoms with E-state index in [0.29, 0.717) is 17.1 Å². The van der Waals surface area contributed by atoms with Gasteiger partial charge >= 0.3 is 0 Å². The molecule has 0 radical (unpaired) electrons. The van der Waals surface area contributed by atoms with E-state index in [1.807, 2.05) is 36.4 Å². The number of hydrogen-bond donors (Lipinski definition) is 0. The van der Waals surface area contributed by atoms with Crippen molar-refractivity contribution in [2.24, 2.45) is 4.99 Å². The summed E-state index contributed by atoms with van der Waals surface area (Å²) >= 11 is 6.07. The minimum atomic E-state index is -0.429. The van der Waals surface area contributed by atoms with Crippen LogP contribution in [-0.2, 0) is 4.79 Å². The summed E-state index contributed by atoms with van der Waals surface area (Å²) < 4.78 is 0. The number of aliphatic imine (C=N–C) groups is 1. The minimum Gasteiger partial charge on any atom is -0.303 e.